The van der Waals surface area contributed by atoms with Crippen molar-refractivity contribution in [2.24, 2.45) is 0 Å². The Hall–Kier alpha value is -4.18. The van der Waals surface area contributed by atoms with Gasteiger partial charge in [-0.05, 0) is 42.1 Å². The molecule has 0 spiro atoms. The second-order valence-corrected chi connectivity index (χ2v) is 8.51. The molecule has 0 bridgehead atoms. The van der Waals surface area contributed by atoms with Crippen LogP contribution in [0.2, 0.25) is 0 Å². The number of aromatic nitrogens is 1. The minimum atomic E-state index is -4.15. The summed E-state index contributed by atoms with van der Waals surface area (Å²) in [6.45, 7) is 1.48. The van der Waals surface area contributed by atoms with E-state index in [-0.39, 0.29) is 33.5 Å². The Morgan fingerprint density at radius 1 is 1.03 bits per heavy atom. The Morgan fingerprint density at radius 3 is 2.55 bits per heavy atom. The van der Waals surface area contributed by atoms with E-state index in [2.05, 4.69) is 5.16 Å². The summed E-state index contributed by atoms with van der Waals surface area (Å²) in [4.78, 5) is 10.6. The van der Waals surface area contributed by atoms with Gasteiger partial charge in [0, 0.05) is 5.39 Å². The zero-order valence-electron chi connectivity index (χ0n) is 17.6. The first-order valence-corrected chi connectivity index (χ1v) is 11.1. The molecule has 0 saturated carbocycles. The number of benzene rings is 3. The summed E-state index contributed by atoms with van der Waals surface area (Å²) < 4.78 is 41.7. The maximum Gasteiger partial charge on any atom is 0.339 e. The van der Waals surface area contributed by atoms with Gasteiger partial charge in [0.15, 0.2) is 17.2 Å². The minimum absolute atomic E-state index is 0.00377. The average molecular weight is 466 g/mol. The van der Waals surface area contributed by atoms with E-state index in [0.717, 1.165) is 5.39 Å². The third-order valence-electron chi connectivity index (χ3n) is 4.87. The van der Waals surface area contributed by atoms with Crippen LogP contribution in [-0.4, -0.2) is 25.6 Å². The van der Waals surface area contributed by atoms with Crippen molar-refractivity contribution in [1.29, 1.82) is 0 Å². The molecule has 0 radical (unpaired) electrons. The number of rotatable bonds is 7. The highest BCUT2D eigenvalue weighted by Gasteiger charge is 2.23. The van der Waals surface area contributed by atoms with Gasteiger partial charge in [-0.3, -0.25) is 10.1 Å². The number of hydrogen-bond acceptors (Lipinski definition) is 8. The second-order valence-electron chi connectivity index (χ2n) is 7.00. The highest BCUT2D eigenvalue weighted by atomic mass is 32.2. The Labute approximate surface area is 189 Å². The molecule has 3 aromatic carbocycles. The van der Waals surface area contributed by atoms with Crippen molar-refractivity contribution in [2.75, 3.05) is 7.11 Å². The highest BCUT2D eigenvalue weighted by Crippen LogP contribution is 2.33. The summed E-state index contributed by atoms with van der Waals surface area (Å²) in [6, 6.07) is 16.6. The van der Waals surface area contributed by atoms with Gasteiger partial charge in [-0.1, -0.05) is 53.7 Å². The molecular formula is C23H18N2O7S. The Bertz CT molecular complexity index is 1480. The van der Waals surface area contributed by atoms with Crippen molar-refractivity contribution < 1.29 is 26.8 Å². The molecule has 1 heterocycles. The average Bonchev–Trinajstić information content (AvgIpc) is 3.18. The van der Waals surface area contributed by atoms with E-state index in [4.69, 9.17) is 13.4 Å². The monoisotopic (exact) mass is 466 g/mol. The van der Waals surface area contributed by atoms with Crippen molar-refractivity contribution in [3.63, 3.8) is 0 Å². The van der Waals surface area contributed by atoms with Gasteiger partial charge in [0.2, 0.25) is 5.76 Å². The molecule has 0 saturated heterocycles. The van der Waals surface area contributed by atoms with Crippen LogP contribution in [0.25, 0.3) is 22.9 Å². The van der Waals surface area contributed by atoms with Crippen LogP contribution in [0.4, 0.5) is 5.69 Å². The molecule has 0 amide bonds. The van der Waals surface area contributed by atoms with E-state index in [0.29, 0.717) is 10.9 Å². The van der Waals surface area contributed by atoms with E-state index in [1.54, 1.807) is 36.4 Å². The molecule has 0 aliphatic rings. The van der Waals surface area contributed by atoms with Crippen LogP contribution in [0, 0.1) is 17.0 Å². The Morgan fingerprint density at radius 2 is 1.79 bits per heavy atom. The lowest BCUT2D eigenvalue weighted by Crippen LogP contribution is -2.11. The first-order valence-electron chi connectivity index (χ1n) is 9.69. The smallest absolute Gasteiger partial charge is 0.339 e. The third-order valence-corrected chi connectivity index (χ3v) is 6.17. The van der Waals surface area contributed by atoms with Crippen LogP contribution in [0.3, 0.4) is 0 Å². The van der Waals surface area contributed by atoms with Gasteiger partial charge in [-0.15, -0.1) is 0 Å². The van der Waals surface area contributed by atoms with Crippen molar-refractivity contribution >= 4 is 38.7 Å². The summed E-state index contributed by atoms with van der Waals surface area (Å²) in [6.07, 6.45) is 2.96. The van der Waals surface area contributed by atoms with Crippen LogP contribution in [0.15, 0.2) is 70.1 Å². The van der Waals surface area contributed by atoms with Gasteiger partial charge in [0.1, 0.15) is 4.90 Å². The Kier molecular flexibility index (Phi) is 5.84. The molecule has 4 aromatic rings. The van der Waals surface area contributed by atoms with E-state index >= 15 is 0 Å². The van der Waals surface area contributed by atoms with Crippen LogP contribution in [-0.2, 0) is 10.1 Å². The van der Waals surface area contributed by atoms with Gasteiger partial charge < -0.3 is 13.4 Å². The van der Waals surface area contributed by atoms with Gasteiger partial charge in [0.25, 0.3) is 0 Å². The summed E-state index contributed by atoms with van der Waals surface area (Å²) in [7, 11) is -2.77. The molecule has 0 unspecified atom stereocenters. The van der Waals surface area contributed by atoms with Gasteiger partial charge in [-0.2, -0.15) is 8.42 Å². The lowest BCUT2D eigenvalue weighted by molar-refractivity contribution is -0.386. The maximum absolute atomic E-state index is 13.0. The molecule has 0 aliphatic heterocycles. The number of aryl methyl sites for hydroxylation is 1. The van der Waals surface area contributed by atoms with Crippen LogP contribution in [0.1, 0.15) is 17.0 Å². The van der Waals surface area contributed by atoms with Crippen molar-refractivity contribution in [3.8, 4) is 11.5 Å². The van der Waals surface area contributed by atoms with E-state index < -0.39 is 15.0 Å². The first-order chi connectivity index (χ1) is 15.8. The number of fused-ring (bicyclic) bond motifs is 1. The SMILES string of the molecule is COc1cc(/C=C/c2onc(C)c2[N+](=O)[O-])ccc1OS(=O)(=O)c1cccc2ccccc12. The topological polar surface area (TPSA) is 122 Å². The van der Waals surface area contributed by atoms with Gasteiger partial charge in [-0.25, -0.2) is 0 Å². The molecule has 9 nitrogen and oxygen atoms in total. The summed E-state index contributed by atoms with van der Waals surface area (Å²) in [5, 5.41) is 16.1. The fourth-order valence-electron chi connectivity index (χ4n) is 3.32. The molecule has 33 heavy (non-hydrogen) atoms. The molecular weight excluding hydrogens is 448 g/mol. The fraction of sp³-hybridized carbons (Fsp3) is 0.0870. The normalized spacial score (nSPS) is 11.7. The largest absolute Gasteiger partial charge is 0.493 e. The number of hydrogen-bond donors (Lipinski definition) is 0. The highest BCUT2D eigenvalue weighted by molar-refractivity contribution is 7.87. The molecule has 4 rings (SSSR count). The van der Waals surface area contributed by atoms with Crippen molar-refractivity contribution in [3.05, 3.63) is 87.8 Å². The van der Waals surface area contributed by atoms with Crippen LogP contribution >= 0.6 is 0 Å². The molecule has 0 atom stereocenters. The van der Waals surface area contributed by atoms with Gasteiger partial charge >= 0.3 is 15.8 Å². The van der Waals surface area contributed by atoms with E-state index in [1.165, 1.54) is 32.2 Å². The maximum atomic E-state index is 13.0. The summed E-state index contributed by atoms with van der Waals surface area (Å²) in [5.41, 5.74) is 0.518. The van der Waals surface area contributed by atoms with Crippen LogP contribution in [0.5, 0.6) is 11.5 Å². The quantitative estimate of drug-likeness (QED) is 0.212. The molecule has 1 aromatic heterocycles. The number of nitrogens with zero attached hydrogens (tertiary/aromatic N) is 2. The molecule has 168 valence electrons. The third kappa shape index (κ3) is 4.41. The number of nitro groups is 1. The predicted octanol–water partition coefficient (Wildman–Crippen LogP) is 4.99. The molecule has 10 heteroatoms. The van der Waals surface area contributed by atoms with Crippen molar-refractivity contribution in [1.82, 2.24) is 5.16 Å². The zero-order valence-corrected chi connectivity index (χ0v) is 18.4. The van der Waals surface area contributed by atoms with Crippen LogP contribution < -0.4 is 8.92 Å². The van der Waals surface area contributed by atoms with E-state index in [9.17, 15) is 18.5 Å². The zero-order chi connectivity index (χ0) is 23.6. The Balaban J connectivity index is 1.64. The first kappa shape index (κ1) is 22.0. The number of methoxy groups -OCH3 is 1. The lowest BCUT2D eigenvalue weighted by atomic mass is 10.1. The standard InChI is InChI=1S/C23H18N2O7S/c1-15-23(25(26)27)20(31-24-15)13-11-16-10-12-19(21(14-16)30-2)32-33(28,29)22-9-5-7-17-6-3-4-8-18(17)22/h3-14H,1-2H3/b13-11+. The molecule has 0 fully saturated rings. The summed E-state index contributed by atoms with van der Waals surface area (Å²) >= 11 is 0. The lowest BCUT2D eigenvalue weighted by Gasteiger charge is -2.12. The minimum Gasteiger partial charge on any atom is -0.493 e. The predicted molar refractivity (Wildman–Crippen MR) is 122 cm³/mol. The van der Waals surface area contributed by atoms with Crippen molar-refractivity contribution in [2.45, 2.75) is 11.8 Å². The van der Waals surface area contributed by atoms with E-state index in [1.807, 2.05) is 18.2 Å². The summed E-state index contributed by atoms with van der Waals surface area (Å²) in [5.74, 6) is 0.170. The second kappa shape index (κ2) is 8.75. The fourth-order valence-corrected chi connectivity index (χ4v) is 4.48. The number of ether oxygens (including phenoxy) is 1. The molecule has 0 aliphatic carbocycles. The molecule has 0 N–H and O–H groups in total. The van der Waals surface area contributed by atoms with Gasteiger partial charge in [0.05, 0.1) is 12.0 Å².